The van der Waals surface area contributed by atoms with Crippen molar-refractivity contribution in [2.45, 2.75) is 19.4 Å². The maximum atomic E-state index is 5.40. The van der Waals surface area contributed by atoms with Crippen molar-refractivity contribution in [1.29, 1.82) is 0 Å². The zero-order valence-corrected chi connectivity index (χ0v) is 12.0. The van der Waals surface area contributed by atoms with Gasteiger partial charge in [-0.25, -0.2) is 0 Å². The Morgan fingerprint density at radius 1 is 0.947 bits per heavy atom. The van der Waals surface area contributed by atoms with Crippen LogP contribution >= 0.6 is 0 Å². The van der Waals surface area contributed by atoms with E-state index in [0.29, 0.717) is 13.2 Å². The van der Waals surface area contributed by atoms with E-state index in [9.17, 15) is 0 Å². The highest BCUT2D eigenvalue weighted by atomic mass is 16.5. The summed E-state index contributed by atoms with van der Waals surface area (Å²) < 4.78 is 15.4. The molecule has 0 unspecified atom stereocenters. The third-order valence-corrected chi connectivity index (χ3v) is 2.81. The molecule has 0 saturated carbocycles. The highest BCUT2D eigenvalue weighted by Crippen LogP contribution is 2.10. The normalized spacial score (nSPS) is 10.6. The first kappa shape index (κ1) is 16.0. The van der Waals surface area contributed by atoms with Gasteiger partial charge in [0.25, 0.3) is 0 Å². The summed E-state index contributed by atoms with van der Waals surface area (Å²) in [5, 5.41) is 3.42. The summed E-state index contributed by atoms with van der Waals surface area (Å²) in [6.45, 7) is 4.09. The van der Waals surface area contributed by atoms with Crippen molar-refractivity contribution in [1.82, 2.24) is 5.32 Å². The average molecular weight is 267 g/mol. The standard InChI is InChI=1S/C15H25NO3/c1-17-11-12-19-10-4-3-9-16-13-14-5-7-15(18-2)8-6-14/h5-8,16H,3-4,9-13H2,1-2H3. The third kappa shape index (κ3) is 7.82. The Balaban J connectivity index is 1.95. The van der Waals surface area contributed by atoms with Crippen LogP contribution in [-0.2, 0) is 16.0 Å². The maximum Gasteiger partial charge on any atom is 0.118 e. The predicted molar refractivity (Wildman–Crippen MR) is 76.6 cm³/mol. The van der Waals surface area contributed by atoms with E-state index < -0.39 is 0 Å². The molecule has 0 aliphatic carbocycles. The molecule has 0 bridgehead atoms. The van der Waals surface area contributed by atoms with Gasteiger partial charge in [-0.2, -0.15) is 0 Å². The van der Waals surface area contributed by atoms with E-state index >= 15 is 0 Å². The zero-order valence-electron chi connectivity index (χ0n) is 12.0. The topological polar surface area (TPSA) is 39.7 Å². The quantitative estimate of drug-likeness (QED) is 0.624. The van der Waals surface area contributed by atoms with Crippen LogP contribution in [-0.4, -0.2) is 40.6 Å². The highest BCUT2D eigenvalue weighted by Gasteiger charge is 1.94. The number of nitrogens with one attached hydrogen (secondary N) is 1. The first-order valence-corrected chi connectivity index (χ1v) is 6.77. The molecule has 1 N–H and O–H groups in total. The van der Waals surface area contributed by atoms with Gasteiger partial charge in [0.05, 0.1) is 20.3 Å². The smallest absolute Gasteiger partial charge is 0.118 e. The number of unbranched alkanes of at least 4 members (excludes halogenated alkanes) is 1. The van der Waals surface area contributed by atoms with Gasteiger partial charge < -0.3 is 19.5 Å². The lowest BCUT2D eigenvalue weighted by Gasteiger charge is -2.06. The van der Waals surface area contributed by atoms with Gasteiger partial charge in [0.2, 0.25) is 0 Å². The summed E-state index contributed by atoms with van der Waals surface area (Å²) in [6, 6.07) is 8.14. The molecule has 0 atom stereocenters. The van der Waals surface area contributed by atoms with Crippen LogP contribution < -0.4 is 10.1 Å². The van der Waals surface area contributed by atoms with Crippen LogP contribution in [0, 0.1) is 0 Å². The second-order valence-corrected chi connectivity index (χ2v) is 4.34. The van der Waals surface area contributed by atoms with Crippen molar-refractivity contribution in [2.75, 3.05) is 40.6 Å². The number of hydrogen-bond acceptors (Lipinski definition) is 4. The summed E-state index contributed by atoms with van der Waals surface area (Å²) in [5.41, 5.74) is 1.28. The van der Waals surface area contributed by atoms with Gasteiger partial charge in [-0.15, -0.1) is 0 Å². The Morgan fingerprint density at radius 2 is 1.74 bits per heavy atom. The number of rotatable bonds is 11. The fourth-order valence-corrected chi connectivity index (χ4v) is 1.67. The van der Waals surface area contributed by atoms with E-state index in [1.54, 1.807) is 14.2 Å². The molecule has 0 aromatic heterocycles. The Morgan fingerprint density at radius 3 is 2.42 bits per heavy atom. The lowest BCUT2D eigenvalue weighted by molar-refractivity contribution is 0.0688. The minimum absolute atomic E-state index is 0.676. The number of benzene rings is 1. The molecule has 0 saturated heterocycles. The monoisotopic (exact) mass is 267 g/mol. The predicted octanol–water partition coefficient (Wildman–Crippen LogP) is 2.23. The molecule has 1 aromatic carbocycles. The van der Waals surface area contributed by atoms with Crippen molar-refractivity contribution >= 4 is 0 Å². The first-order valence-electron chi connectivity index (χ1n) is 6.77. The first-order chi connectivity index (χ1) is 9.36. The van der Waals surface area contributed by atoms with Crippen molar-refractivity contribution in [3.63, 3.8) is 0 Å². The largest absolute Gasteiger partial charge is 0.497 e. The molecule has 4 heteroatoms. The highest BCUT2D eigenvalue weighted by molar-refractivity contribution is 5.26. The summed E-state index contributed by atoms with van der Waals surface area (Å²) in [6.07, 6.45) is 2.21. The van der Waals surface area contributed by atoms with Crippen LogP contribution in [0.25, 0.3) is 0 Å². The van der Waals surface area contributed by atoms with Crippen molar-refractivity contribution in [2.24, 2.45) is 0 Å². The molecule has 0 aliphatic rings. The molecule has 108 valence electrons. The van der Waals surface area contributed by atoms with E-state index in [1.807, 2.05) is 12.1 Å². The van der Waals surface area contributed by atoms with Crippen LogP contribution in [0.2, 0.25) is 0 Å². The van der Waals surface area contributed by atoms with Gasteiger partial charge in [-0.05, 0) is 37.1 Å². The van der Waals surface area contributed by atoms with Gasteiger partial charge in [0.15, 0.2) is 0 Å². The van der Waals surface area contributed by atoms with E-state index in [-0.39, 0.29) is 0 Å². The van der Waals surface area contributed by atoms with Gasteiger partial charge in [-0.3, -0.25) is 0 Å². The van der Waals surface area contributed by atoms with E-state index in [4.69, 9.17) is 14.2 Å². The minimum atomic E-state index is 0.676. The fourth-order valence-electron chi connectivity index (χ4n) is 1.67. The van der Waals surface area contributed by atoms with Gasteiger partial charge >= 0.3 is 0 Å². The molecular formula is C15H25NO3. The zero-order chi connectivity index (χ0) is 13.8. The van der Waals surface area contributed by atoms with Crippen molar-refractivity contribution < 1.29 is 14.2 Å². The summed E-state index contributed by atoms with van der Waals surface area (Å²) >= 11 is 0. The minimum Gasteiger partial charge on any atom is -0.497 e. The summed E-state index contributed by atoms with van der Waals surface area (Å²) in [7, 11) is 3.37. The lowest BCUT2D eigenvalue weighted by atomic mass is 10.2. The van der Waals surface area contributed by atoms with E-state index in [2.05, 4.69) is 17.4 Å². The van der Waals surface area contributed by atoms with Gasteiger partial charge in [0, 0.05) is 20.3 Å². The van der Waals surface area contributed by atoms with E-state index in [1.165, 1.54) is 5.56 Å². The molecule has 0 aliphatic heterocycles. The Bertz CT molecular complexity index is 314. The van der Waals surface area contributed by atoms with Crippen LogP contribution in [0.5, 0.6) is 5.75 Å². The summed E-state index contributed by atoms with van der Waals surface area (Å²) in [4.78, 5) is 0. The molecule has 4 nitrogen and oxygen atoms in total. The average Bonchev–Trinajstić information content (AvgIpc) is 2.46. The third-order valence-electron chi connectivity index (χ3n) is 2.81. The number of ether oxygens (including phenoxy) is 3. The van der Waals surface area contributed by atoms with Gasteiger partial charge in [-0.1, -0.05) is 12.1 Å². The molecule has 0 heterocycles. The second-order valence-electron chi connectivity index (χ2n) is 4.34. The van der Waals surface area contributed by atoms with Crippen molar-refractivity contribution in [3.8, 4) is 5.75 Å². The Kier molecular flexibility index (Phi) is 9.06. The number of methoxy groups -OCH3 is 2. The van der Waals surface area contributed by atoms with Crippen LogP contribution in [0.15, 0.2) is 24.3 Å². The molecule has 0 radical (unpaired) electrons. The maximum absolute atomic E-state index is 5.40. The SMILES string of the molecule is COCCOCCCCNCc1ccc(OC)cc1. The van der Waals surface area contributed by atoms with Crippen LogP contribution in [0.3, 0.4) is 0 Å². The molecule has 19 heavy (non-hydrogen) atoms. The summed E-state index contributed by atoms with van der Waals surface area (Å²) in [5.74, 6) is 0.900. The number of hydrogen-bond donors (Lipinski definition) is 1. The lowest BCUT2D eigenvalue weighted by Crippen LogP contribution is -2.15. The molecule has 1 aromatic rings. The second kappa shape index (κ2) is 10.8. The van der Waals surface area contributed by atoms with Crippen LogP contribution in [0.4, 0.5) is 0 Å². The van der Waals surface area contributed by atoms with Crippen LogP contribution in [0.1, 0.15) is 18.4 Å². The van der Waals surface area contributed by atoms with Gasteiger partial charge in [0.1, 0.15) is 5.75 Å². The molecular weight excluding hydrogens is 242 g/mol. The molecule has 1 rings (SSSR count). The molecule has 0 fully saturated rings. The fraction of sp³-hybridized carbons (Fsp3) is 0.600. The van der Waals surface area contributed by atoms with Crippen molar-refractivity contribution in [3.05, 3.63) is 29.8 Å². The Hall–Kier alpha value is -1.10. The van der Waals surface area contributed by atoms with E-state index in [0.717, 1.165) is 38.3 Å². The molecule has 0 amide bonds. The Labute approximate surface area is 116 Å². The molecule has 0 spiro atoms.